The van der Waals surface area contributed by atoms with Gasteiger partial charge in [0.25, 0.3) is 0 Å². The molecule has 0 spiro atoms. The zero-order valence-electron chi connectivity index (χ0n) is 8.28. The van der Waals surface area contributed by atoms with Gasteiger partial charge in [-0.05, 0) is 0 Å². The minimum Gasteiger partial charge on any atom is -0.433 e. The van der Waals surface area contributed by atoms with Crippen LogP contribution >= 0.6 is 0 Å². The minimum absolute atomic E-state index is 0. The number of rotatable bonds is 2. The summed E-state index contributed by atoms with van der Waals surface area (Å²) in [5.74, 6) is -1.10. The number of hydrogen-bond acceptors (Lipinski definition) is 1. The van der Waals surface area contributed by atoms with Crippen LogP contribution in [0.1, 0.15) is 12.5 Å². The Labute approximate surface area is 127 Å². The van der Waals surface area contributed by atoms with E-state index >= 15 is 0 Å². The molecule has 6 heteroatoms. The summed E-state index contributed by atoms with van der Waals surface area (Å²) in [6.07, 6.45) is -4.46. The van der Waals surface area contributed by atoms with Gasteiger partial charge < -0.3 is 4.74 Å². The molecule has 0 bridgehead atoms. The smallest absolute Gasteiger partial charge is 0.433 e. The summed E-state index contributed by atoms with van der Waals surface area (Å²) in [7, 11) is 0. The molecule has 0 fully saturated rings. The Bertz CT molecular complexity index is 324. The van der Waals surface area contributed by atoms with Crippen molar-refractivity contribution in [1.82, 2.24) is 0 Å². The average molecular weight is 246 g/mol. The van der Waals surface area contributed by atoms with Gasteiger partial charge in [0, 0.05) is 11.6 Å². The largest absolute Gasteiger partial charge is 1.00 e. The van der Waals surface area contributed by atoms with E-state index < -0.39 is 17.9 Å². The normalized spacial score (nSPS) is 10.7. The maximum atomic E-state index is 12.8. The number of alkyl halides is 3. The van der Waals surface area contributed by atoms with E-state index in [9.17, 15) is 17.6 Å². The molecule has 0 amide bonds. The molecule has 0 aromatic heterocycles. The Morgan fingerprint density at radius 2 is 2.00 bits per heavy atom. The van der Waals surface area contributed by atoms with E-state index in [1.165, 1.54) is 0 Å². The SMILES string of the molecule is CCc1cc(OC(F)(F)F)[c-]cc1F.[K+]. The van der Waals surface area contributed by atoms with Crippen molar-refractivity contribution in [2.24, 2.45) is 0 Å². The number of hydrogen-bond donors (Lipinski definition) is 0. The molecule has 0 aliphatic carbocycles. The van der Waals surface area contributed by atoms with Crippen LogP contribution in [0.3, 0.4) is 0 Å². The number of ether oxygens (including phenoxy) is 1. The first kappa shape index (κ1) is 15.4. The zero-order valence-corrected chi connectivity index (χ0v) is 11.4. The summed E-state index contributed by atoms with van der Waals surface area (Å²) in [5.41, 5.74) is 0.169. The first-order valence-electron chi connectivity index (χ1n) is 3.88. The van der Waals surface area contributed by atoms with E-state index in [0.29, 0.717) is 6.42 Å². The molecule has 1 aromatic rings. The van der Waals surface area contributed by atoms with Crippen LogP contribution < -0.4 is 56.1 Å². The molecule has 0 radical (unpaired) electrons. The molecule has 0 N–H and O–H groups in total. The molecule has 0 unspecified atom stereocenters. The van der Waals surface area contributed by atoms with E-state index in [4.69, 9.17) is 0 Å². The third-order valence-corrected chi connectivity index (χ3v) is 1.56. The monoisotopic (exact) mass is 246 g/mol. The number of aryl methyl sites for hydroxylation is 1. The maximum Gasteiger partial charge on any atom is 1.00 e. The van der Waals surface area contributed by atoms with Gasteiger partial charge in [-0.15, -0.1) is 36.9 Å². The van der Waals surface area contributed by atoms with Gasteiger partial charge >= 0.3 is 57.7 Å². The predicted molar refractivity (Wildman–Crippen MR) is 41.3 cm³/mol. The van der Waals surface area contributed by atoms with Gasteiger partial charge in [-0.3, -0.25) is 4.39 Å². The van der Waals surface area contributed by atoms with E-state index in [1.807, 2.05) is 0 Å². The van der Waals surface area contributed by atoms with Crippen LogP contribution in [0.5, 0.6) is 5.75 Å². The molecule has 1 nitrogen and oxygen atoms in total. The van der Waals surface area contributed by atoms with E-state index in [-0.39, 0.29) is 56.9 Å². The Balaban J connectivity index is 0.00000196. The predicted octanol–water partition coefficient (Wildman–Crippen LogP) is 0.0909. The Hall–Kier alpha value is 0.376. The molecule has 1 rings (SSSR count). The van der Waals surface area contributed by atoms with E-state index in [0.717, 1.165) is 12.1 Å². The van der Waals surface area contributed by atoms with Crippen molar-refractivity contribution in [3.8, 4) is 5.75 Å². The molecular formula is C9H7F4KO. The van der Waals surface area contributed by atoms with Gasteiger partial charge in [0.1, 0.15) is 0 Å². The molecule has 0 saturated carbocycles. The first-order chi connectivity index (χ1) is 6.42. The Morgan fingerprint density at radius 3 is 2.47 bits per heavy atom. The Kier molecular flexibility index (Phi) is 6.35. The fourth-order valence-electron chi connectivity index (χ4n) is 0.951. The second-order valence-electron chi connectivity index (χ2n) is 2.57. The van der Waals surface area contributed by atoms with E-state index in [2.05, 4.69) is 10.8 Å². The van der Waals surface area contributed by atoms with Crippen molar-refractivity contribution >= 4 is 0 Å². The fraction of sp³-hybridized carbons (Fsp3) is 0.333. The van der Waals surface area contributed by atoms with Gasteiger partial charge in [0.15, 0.2) is 0 Å². The zero-order chi connectivity index (χ0) is 10.8. The van der Waals surface area contributed by atoms with Crippen molar-refractivity contribution < 1.29 is 73.7 Å². The molecule has 0 atom stereocenters. The first-order valence-corrected chi connectivity index (χ1v) is 3.88. The summed E-state index contributed by atoms with van der Waals surface area (Å²) >= 11 is 0. The average Bonchev–Trinajstić information content (AvgIpc) is 2.06. The quantitative estimate of drug-likeness (QED) is 0.408. The second-order valence-corrected chi connectivity index (χ2v) is 2.57. The molecule has 0 aliphatic rings. The summed E-state index contributed by atoms with van der Waals surface area (Å²) in [5, 5.41) is 0. The minimum atomic E-state index is -4.76. The van der Waals surface area contributed by atoms with Crippen LogP contribution in [0.2, 0.25) is 0 Å². The third-order valence-electron chi connectivity index (χ3n) is 1.56. The summed E-state index contributed by atoms with van der Waals surface area (Å²) in [6, 6.07) is 3.87. The van der Waals surface area contributed by atoms with Crippen LogP contribution in [-0.4, -0.2) is 6.36 Å². The standard InChI is InChI=1S/C9H7F4O.K/c1-2-6-5-7(3-4-8(6)10)14-9(11,12)13;/h4-5H,2H2,1H3;/q-1;+1. The molecule has 15 heavy (non-hydrogen) atoms. The fourth-order valence-corrected chi connectivity index (χ4v) is 0.951. The van der Waals surface area contributed by atoms with E-state index in [1.54, 1.807) is 6.92 Å². The Morgan fingerprint density at radius 1 is 1.40 bits per heavy atom. The van der Waals surface area contributed by atoms with Crippen LogP contribution in [0.25, 0.3) is 0 Å². The molecule has 1 aromatic carbocycles. The van der Waals surface area contributed by atoms with Gasteiger partial charge in [-0.25, -0.2) is 0 Å². The number of benzene rings is 1. The van der Waals surface area contributed by atoms with Gasteiger partial charge in [0.05, 0.1) is 0 Å². The molecule has 78 valence electrons. The van der Waals surface area contributed by atoms with Crippen molar-refractivity contribution in [3.63, 3.8) is 0 Å². The maximum absolute atomic E-state index is 12.8. The molecule has 0 heterocycles. The van der Waals surface area contributed by atoms with Crippen LogP contribution in [-0.2, 0) is 6.42 Å². The van der Waals surface area contributed by atoms with Gasteiger partial charge in [-0.2, -0.15) is 0 Å². The topological polar surface area (TPSA) is 9.23 Å². The molecular weight excluding hydrogens is 239 g/mol. The van der Waals surface area contributed by atoms with Gasteiger partial charge in [0.2, 0.25) is 0 Å². The summed E-state index contributed by atoms with van der Waals surface area (Å²) in [4.78, 5) is 0. The van der Waals surface area contributed by atoms with Crippen molar-refractivity contribution in [2.45, 2.75) is 19.7 Å². The van der Waals surface area contributed by atoms with Gasteiger partial charge in [-0.1, -0.05) is 13.3 Å². The number of halogens is 4. The summed E-state index contributed by atoms with van der Waals surface area (Å²) < 4.78 is 51.6. The van der Waals surface area contributed by atoms with Crippen molar-refractivity contribution in [1.29, 1.82) is 0 Å². The molecule has 0 saturated heterocycles. The van der Waals surface area contributed by atoms with Crippen LogP contribution in [0.15, 0.2) is 12.1 Å². The van der Waals surface area contributed by atoms with Crippen molar-refractivity contribution in [3.05, 3.63) is 29.6 Å². The molecule has 0 aliphatic heterocycles. The second kappa shape index (κ2) is 6.20. The third kappa shape index (κ3) is 5.30. The van der Waals surface area contributed by atoms with Crippen LogP contribution in [0, 0.1) is 11.9 Å². The van der Waals surface area contributed by atoms with Crippen LogP contribution in [0.4, 0.5) is 17.6 Å². The van der Waals surface area contributed by atoms with Crippen molar-refractivity contribution in [2.75, 3.05) is 0 Å². The summed E-state index contributed by atoms with van der Waals surface area (Å²) in [6.45, 7) is 1.63.